The summed E-state index contributed by atoms with van der Waals surface area (Å²) in [6.07, 6.45) is 11.5. The molecule has 3 heterocycles. The number of hydrogen-bond donors (Lipinski definition) is 1. The zero-order chi connectivity index (χ0) is 14.8. The molecule has 21 heavy (non-hydrogen) atoms. The van der Waals surface area contributed by atoms with Crippen LogP contribution in [0, 0.1) is 5.92 Å². The van der Waals surface area contributed by atoms with Gasteiger partial charge in [0.1, 0.15) is 5.65 Å². The van der Waals surface area contributed by atoms with Gasteiger partial charge in [-0.05, 0) is 30.4 Å². The van der Waals surface area contributed by atoms with Crippen LogP contribution in [0.25, 0.3) is 22.2 Å². The Labute approximate surface area is 125 Å². The van der Waals surface area contributed by atoms with E-state index in [4.69, 9.17) is 0 Å². The summed E-state index contributed by atoms with van der Waals surface area (Å²) >= 11 is 0. The van der Waals surface area contributed by atoms with Crippen LogP contribution in [0.4, 0.5) is 0 Å². The normalized spacial score (nSPS) is 11.6. The van der Waals surface area contributed by atoms with Gasteiger partial charge in [0.2, 0.25) is 0 Å². The van der Waals surface area contributed by atoms with Crippen LogP contribution in [-0.2, 0) is 13.5 Å². The predicted octanol–water partition coefficient (Wildman–Crippen LogP) is 3.94. The lowest BCUT2D eigenvalue weighted by Gasteiger charge is -2.05. The van der Waals surface area contributed by atoms with Gasteiger partial charge in [0, 0.05) is 42.2 Å². The molecule has 0 unspecified atom stereocenters. The van der Waals surface area contributed by atoms with Gasteiger partial charge in [-0.2, -0.15) is 5.10 Å². The Morgan fingerprint density at radius 1 is 1.29 bits per heavy atom. The number of pyridine rings is 1. The SMILES string of the molecule is CC(C)CCCc1cnc2[nH]cc(-c3cnn(C)c3)c2c1. The summed E-state index contributed by atoms with van der Waals surface area (Å²) in [4.78, 5) is 7.80. The molecular formula is C17H22N4. The van der Waals surface area contributed by atoms with Gasteiger partial charge in [0.15, 0.2) is 0 Å². The fourth-order valence-electron chi connectivity index (χ4n) is 2.70. The highest BCUT2D eigenvalue weighted by Crippen LogP contribution is 2.28. The van der Waals surface area contributed by atoms with Crippen LogP contribution in [0.2, 0.25) is 0 Å². The van der Waals surface area contributed by atoms with Gasteiger partial charge in [0.05, 0.1) is 6.20 Å². The molecule has 0 saturated heterocycles. The van der Waals surface area contributed by atoms with Crippen LogP contribution in [0.1, 0.15) is 32.3 Å². The third kappa shape index (κ3) is 2.99. The van der Waals surface area contributed by atoms with Gasteiger partial charge in [-0.15, -0.1) is 0 Å². The number of aromatic nitrogens is 4. The number of aryl methyl sites for hydroxylation is 2. The maximum Gasteiger partial charge on any atom is 0.137 e. The van der Waals surface area contributed by atoms with E-state index in [1.807, 2.05) is 36.5 Å². The molecular weight excluding hydrogens is 260 g/mol. The summed E-state index contributed by atoms with van der Waals surface area (Å²) in [5, 5.41) is 5.44. The summed E-state index contributed by atoms with van der Waals surface area (Å²) in [6.45, 7) is 4.54. The molecule has 0 fully saturated rings. The van der Waals surface area contributed by atoms with Gasteiger partial charge < -0.3 is 4.98 Å². The summed E-state index contributed by atoms with van der Waals surface area (Å²) < 4.78 is 1.83. The smallest absolute Gasteiger partial charge is 0.137 e. The predicted molar refractivity (Wildman–Crippen MR) is 86.1 cm³/mol. The van der Waals surface area contributed by atoms with Crippen molar-refractivity contribution in [2.45, 2.75) is 33.1 Å². The van der Waals surface area contributed by atoms with Crippen LogP contribution >= 0.6 is 0 Å². The number of aromatic amines is 1. The van der Waals surface area contributed by atoms with Gasteiger partial charge in [-0.1, -0.05) is 20.3 Å². The largest absolute Gasteiger partial charge is 0.346 e. The molecule has 0 aliphatic rings. The minimum Gasteiger partial charge on any atom is -0.346 e. The zero-order valence-electron chi connectivity index (χ0n) is 12.9. The average Bonchev–Trinajstić information content (AvgIpc) is 3.04. The zero-order valence-corrected chi connectivity index (χ0v) is 12.9. The Kier molecular flexibility index (Phi) is 3.78. The second kappa shape index (κ2) is 5.72. The molecule has 0 bridgehead atoms. The molecule has 0 aliphatic carbocycles. The van der Waals surface area contributed by atoms with Crippen LogP contribution in [0.3, 0.4) is 0 Å². The number of nitrogens with zero attached hydrogens (tertiary/aromatic N) is 3. The number of hydrogen-bond acceptors (Lipinski definition) is 2. The van der Waals surface area contributed by atoms with Crippen molar-refractivity contribution in [1.82, 2.24) is 19.7 Å². The Morgan fingerprint density at radius 3 is 2.86 bits per heavy atom. The Morgan fingerprint density at radius 2 is 2.14 bits per heavy atom. The first-order valence-corrected chi connectivity index (χ1v) is 7.58. The van der Waals surface area contributed by atoms with E-state index >= 15 is 0 Å². The van der Waals surface area contributed by atoms with Crippen LogP contribution in [0.5, 0.6) is 0 Å². The highest BCUT2D eigenvalue weighted by atomic mass is 15.2. The van der Waals surface area contributed by atoms with Crippen molar-refractivity contribution >= 4 is 11.0 Å². The fraction of sp³-hybridized carbons (Fsp3) is 0.412. The third-order valence-corrected chi connectivity index (χ3v) is 3.85. The monoisotopic (exact) mass is 282 g/mol. The molecule has 1 N–H and O–H groups in total. The molecule has 3 aromatic heterocycles. The maximum absolute atomic E-state index is 4.55. The first-order valence-electron chi connectivity index (χ1n) is 7.58. The minimum atomic E-state index is 0.764. The van der Waals surface area contributed by atoms with Crippen molar-refractivity contribution in [3.63, 3.8) is 0 Å². The second-order valence-corrected chi connectivity index (χ2v) is 6.13. The van der Waals surface area contributed by atoms with Gasteiger partial charge >= 0.3 is 0 Å². The Balaban J connectivity index is 1.89. The Bertz CT molecular complexity index is 736. The molecule has 110 valence electrons. The third-order valence-electron chi connectivity index (χ3n) is 3.85. The van der Waals surface area contributed by atoms with E-state index in [1.165, 1.54) is 29.4 Å². The molecule has 0 radical (unpaired) electrons. The van der Waals surface area contributed by atoms with Gasteiger partial charge in [0.25, 0.3) is 0 Å². The average molecular weight is 282 g/mol. The van der Waals surface area contributed by atoms with E-state index in [0.29, 0.717) is 0 Å². The molecule has 0 aliphatic heterocycles. The molecule has 0 aromatic carbocycles. The fourth-order valence-corrected chi connectivity index (χ4v) is 2.70. The summed E-state index contributed by atoms with van der Waals surface area (Å²) in [7, 11) is 1.94. The van der Waals surface area contributed by atoms with E-state index in [9.17, 15) is 0 Å². The molecule has 0 amide bonds. The molecule has 3 aromatic rings. The standard InChI is InChI=1S/C17H22N4/c1-12(2)5-4-6-13-7-15-16(10-19-17(15)18-8-13)14-9-20-21(3)11-14/h7-12H,4-6H2,1-3H3,(H,18,19). The van der Waals surface area contributed by atoms with Crippen molar-refractivity contribution in [2.24, 2.45) is 13.0 Å². The van der Waals surface area contributed by atoms with E-state index in [0.717, 1.165) is 23.5 Å². The van der Waals surface area contributed by atoms with Crippen molar-refractivity contribution in [2.75, 3.05) is 0 Å². The molecule has 0 spiro atoms. The number of nitrogens with one attached hydrogen (secondary N) is 1. The molecule has 0 saturated carbocycles. The summed E-state index contributed by atoms with van der Waals surface area (Å²) in [5.74, 6) is 0.764. The van der Waals surface area contributed by atoms with Crippen molar-refractivity contribution in [1.29, 1.82) is 0 Å². The molecule has 0 atom stereocenters. The lowest BCUT2D eigenvalue weighted by Crippen LogP contribution is -1.92. The van der Waals surface area contributed by atoms with Gasteiger partial charge in [-0.25, -0.2) is 4.98 Å². The first-order chi connectivity index (χ1) is 10.1. The van der Waals surface area contributed by atoms with Gasteiger partial charge in [-0.3, -0.25) is 4.68 Å². The molecule has 4 nitrogen and oxygen atoms in total. The highest BCUT2D eigenvalue weighted by Gasteiger charge is 2.09. The maximum atomic E-state index is 4.55. The van der Waals surface area contributed by atoms with E-state index in [2.05, 4.69) is 35.0 Å². The van der Waals surface area contributed by atoms with E-state index in [1.54, 1.807) is 0 Å². The molecule has 3 rings (SSSR count). The quantitative estimate of drug-likeness (QED) is 0.770. The lowest BCUT2D eigenvalue weighted by molar-refractivity contribution is 0.555. The van der Waals surface area contributed by atoms with Crippen molar-refractivity contribution in [3.05, 3.63) is 36.4 Å². The Hall–Kier alpha value is -2.10. The van der Waals surface area contributed by atoms with Crippen LogP contribution in [0.15, 0.2) is 30.9 Å². The summed E-state index contributed by atoms with van der Waals surface area (Å²) in [5.41, 5.74) is 4.57. The second-order valence-electron chi connectivity index (χ2n) is 6.13. The van der Waals surface area contributed by atoms with E-state index in [-0.39, 0.29) is 0 Å². The number of H-pyrrole nitrogens is 1. The van der Waals surface area contributed by atoms with E-state index < -0.39 is 0 Å². The lowest BCUT2D eigenvalue weighted by atomic mass is 10.0. The van der Waals surface area contributed by atoms with Crippen molar-refractivity contribution in [3.8, 4) is 11.1 Å². The highest BCUT2D eigenvalue weighted by molar-refractivity contribution is 5.93. The number of fused-ring (bicyclic) bond motifs is 1. The topological polar surface area (TPSA) is 46.5 Å². The minimum absolute atomic E-state index is 0.764. The first kappa shape index (κ1) is 13.9. The van der Waals surface area contributed by atoms with Crippen LogP contribution in [-0.4, -0.2) is 19.7 Å². The molecule has 4 heteroatoms. The number of rotatable bonds is 5. The van der Waals surface area contributed by atoms with Crippen molar-refractivity contribution < 1.29 is 0 Å². The summed E-state index contributed by atoms with van der Waals surface area (Å²) in [6, 6.07) is 2.27. The van der Waals surface area contributed by atoms with Crippen LogP contribution < -0.4 is 0 Å².